The summed E-state index contributed by atoms with van der Waals surface area (Å²) in [4.78, 5) is 46.6. The Morgan fingerprint density at radius 3 is 2.27 bits per heavy atom. The van der Waals surface area contributed by atoms with Crippen LogP contribution in [0.5, 0.6) is 0 Å². The Bertz CT molecular complexity index is 1600. The van der Waals surface area contributed by atoms with Gasteiger partial charge >= 0.3 is 0 Å². The van der Waals surface area contributed by atoms with Crippen LogP contribution in [-0.2, 0) is 20.8 Å². The summed E-state index contributed by atoms with van der Waals surface area (Å²) in [5.74, 6) is 0.0195. The van der Waals surface area contributed by atoms with Crippen LogP contribution in [0.2, 0.25) is 0 Å². The summed E-state index contributed by atoms with van der Waals surface area (Å²) in [5, 5.41) is 7.81. The number of carbonyl (C=O) groups excluding carboxylic acids is 3. The fraction of sp³-hybridized carbons (Fsp3) is 0.353. The Morgan fingerprint density at radius 2 is 1.60 bits per heavy atom. The zero-order valence-corrected chi connectivity index (χ0v) is 27.4. The van der Waals surface area contributed by atoms with Crippen molar-refractivity contribution in [2.75, 3.05) is 18.4 Å². The van der Waals surface area contributed by atoms with E-state index in [9.17, 15) is 14.4 Å². The first-order chi connectivity index (χ1) is 20.6. The molecule has 1 fully saturated rings. The molecule has 240 valence electrons. The van der Waals surface area contributed by atoms with E-state index in [1.54, 1.807) is 30.9 Å². The van der Waals surface area contributed by atoms with Crippen LogP contribution >= 0.6 is 24.8 Å². The maximum absolute atomic E-state index is 13.8. The number of halogens is 2. The molecule has 2 unspecified atom stereocenters. The minimum Gasteiger partial charge on any atom is -0.342 e. The molecule has 1 aliphatic rings. The first kappa shape index (κ1) is 35.6. The number of anilines is 1. The lowest BCUT2D eigenvalue weighted by Gasteiger charge is -2.33. The van der Waals surface area contributed by atoms with Crippen molar-refractivity contribution in [1.82, 2.24) is 19.8 Å². The Morgan fingerprint density at radius 1 is 0.956 bits per heavy atom. The minimum absolute atomic E-state index is 0. The molecule has 1 saturated heterocycles. The highest BCUT2D eigenvalue weighted by molar-refractivity contribution is 5.98. The molecule has 4 N–H and O–H groups in total. The average Bonchev–Trinajstić information content (AvgIpc) is 3.44. The highest BCUT2D eigenvalue weighted by Crippen LogP contribution is 2.26. The number of amides is 3. The van der Waals surface area contributed by atoms with Crippen molar-refractivity contribution in [3.8, 4) is 0 Å². The van der Waals surface area contributed by atoms with Crippen LogP contribution in [0.3, 0.4) is 0 Å². The molecule has 2 heterocycles. The molecule has 5 rings (SSSR count). The molecule has 45 heavy (non-hydrogen) atoms. The number of hydrogen-bond donors (Lipinski definition) is 3. The van der Waals surface area contributed by atoms with Crippen LogP contribution in [0.1, 0.15) is 50.8 Å². The van der Waals surface area contributed by atoms with Gasteiger partial charge in [0.05, 0.1) is 11.9 Å². The second-order valence-electron chi connectivity index (χ2n) is 12.1. The van der Waals surface area contributed by atoms with Crippen LogP contribution < -0.4 is 16.4 Å². The molecule has 0 aliphatic carbocycles. The zero-order chi connectivity index (χ0) is 30.6. The van der Waals surface area contributed by atoms with Gasteiger partial charge in [0.25, 0.3) is 0 Å². The maximum Gasteiger partial charge on any atom is 0.250 e. The molecule has 0 bridgehead atoms. The Labute approximate surface area is 276 Å². The SMILES string of the molecule is CC1CCN(C(=O)C(c2ccccc2)n2cnc(NC(=O)C(Cc3ccc4ccccc4c3)NC(=O)C(C)(C)N)c2)CC1.Cl.Cl. The van der Waals surface area contributed by atoms with Crippen LogP contribution in [-0.4, -0.2) is 56.8 Å². The number of fused-ring (bicyclic) bond motifs is 1. The number of nitrogens with zero attached hydrogens (tertiary/aromatic N) is 3. The summed E-state index contributed by atoms with van der Waals surface area (Å²) in [7, 11) is 0. The van der Waals surface area contributed by atoms with Crippen molar-refractivity contribution in [2.45, 2.75) is 57.7 Å². The van der Waals surface area contributed by atoms with Gasteiger partial charge in [-0.05, 0) is 54.5 Å². The van der Waals surface area contributed by atoms with E-state index in [0.717, 1.165) is 47.8 Å². The minimum atomic E-state index is -1.17. The fourth-order valence-corrected chi connectivity index (χ4v) is 5.39. The van der Waals surface area contributed by atoms with Gasteiger partial charge in [0.1, 0.15) is 12.1 Å². The van der Waals surface area contributed by atoms with E-state index in [4.69, 9.17) is 5.73 Å². The van der Waals surface area contributed by atoms with E-state index in [2.05, 4.69) is 22.5 Å². The summed E-state index contributed by atoms with van der Waals surface area (Å²) < 4.78 is 1.74. The van der Waals surface area contributed by atoms with Crippen LogP contribution in [0, 0.1) is 5.92 Å². The van der Waals surface area contributed by atoms with E-state index in [-0.39, 0.29) is 43.0 Å². The molecule has 2 atom stereocenters. The van der Waals surface area contributed by atoms with Gasteiger partial charge in [0.15, 0.2) is 5.82 Å². The first-order valence-electron chi connectivity index (χ1n) is 14.8. The number of rotatable bonds is 9. The number of likely N-dealkylation sites (tertiary alicyclic amines) is 1. The van der Waals surface area contributed by atoms with Gasteiger partial charge in [-0.1, -0.05) is 79.7 Å². The molecule has 0 saturated carbocycles. The Kier molecular flexibility index (Phi) is 12.2. The largest absolute Gasteiger partial charge is 0.342 e. The third-order valence-corrected chi connectivity index (χ3v) is 8.06. The third-order valence-electron chi connectivity index (χ3n) is 8.06. The number of aromatic nitrogens is 2. The topological polar surface area (TPSA) is 122 Å². The highest BCUT2D eigenvalue weighted by Gasteiger charge is 2.31. The van der Waals surface area contributed by atoms with Crippen molar-refractivity contribution in [2.24, 2.45) is 11.7 Å². The van der Waals surface area contributed by atoms with Crippen LogP contribution in [0.4, 0.5) is 5.82 Å². The number of piperidine rings is 1. The van der Waals surface area contributed by atoms with Gasteiger partial charge in [-0.15, -0.1) is 24.8 Å². The number of carbonyl (C=O) groups is 3. The molecule has 0 radical (unpaired) electrons. The third kappa shape index (κ3) is 8.84. The van der Waals surface area contributed by atoms with E-state index in [1.807, 2.05) is 77.7 Å². The molecule has 4 aromatic rings. The van der Waals surface area contributed by atoms with Gasteiger partial charge < -0.3 is 25.8 Å². The lowest BCUT2D eigenvalue weighted by atomic mass is 9.97. The Hall–Kier alpha value is -3.92. The molecule has 1 aromatic heterocycles. The van der Waals surface area contributed by atoms with Crippen molar-refractivity contribution in [3.05, 3.63) is 96.4 Å². The first-order valence-corrected chi connectivity index (χ1v) is 14.8. The van der Waals surface area contributed by atoms with Gasteiger partial charge in [-0.3, -0.25) is 14.4 Å². The van der Waals surface area contributed by atoms with Gasteiger partial charge in [0, 0.05) is 25.7 Å². The van der Waals surface area contributed by atoms with E-state index in [1.165, 1.54) is 0 Å². The summed E-state index contributed by atoms with van der Waals surface area (Å²) in [6, 6.07) is 22.0. The number of hydrogen-bond acceptors (Lipinski definition) is 5. The molecule has 3 aromatic carbocycles. The van der Waals surface area contributed by atoms with Crippen molar-refractivity contribution in [1.29, 1.82) is 0 Å². The quantitative estimate of drug-likeness (QED) is 0.231. The fourth-order valence-electron chi connectivity index (χ4n) is 5.39. The lowest BCUT2D eigenvalue weighted by molar-refractivity contribution is -0.135. The molecule has 3 amide bonds. The van der Waals surface area contributed by atoms with Gasteiger partial charge in [-0.25, -0.2) is 4.98 Å². The second kappa shape index (κ2) is 15.4. The van der Waals surface area contributed by atoms with Crippen molar-refractivity contribution in [3.63, 3.8) is 0 Å². The van der Waals surface area contributed by atoms with Crippen LogP contribution in [0.15, 0.2) is 85.3 Å². The standard InChI is InChI=1S/C34H40N6O3.2ClH/c1-23-15-17-39(18-16-23)32(42)30(26-10-5-4-6-11-26)40-21-29(36-22-40)38-31(41)28(37-33(43)34(2,3)35)20-24-13-14-25-9-7-8-12-27(25)19-24;;/h4-14,19,21-23,28,30H,15-18,20,35H2,1-3H3,(H,37,43)(H,38,41);2*1H. The summed E-state index contributed by atoms with van der Waals surface area (Å²) in [6.45, 7) is 6.84. The maximum atomic E-state index is 13.8. The summed E-state index contributed by atoms with van der Waals surface area (Å²) in [6.07, 6.45) is 5.45. The molecule has 1 aliphatic heterocycles. The molecule has 0 spiro atoms. The lowest BCUT2D eigenvalue weighted by Crippen LogP contribution is -2.55. The molecular formula is C34H42Cl2N6O3. The second-order valence-corrected chi connectivity index (χ2v) is 12.1. The van der Waals surface area contributed by atoms with Crippen LogP contribution in [0.25, 0.3) is 10.8 Å². The van der Waals surface area contributed by atoms with Gasteiger partial charge in [0.2, 0.25) is 17.7 Å². The monoisotopic (exact) mass is 652 g/mol. The van der Waals surface area contributed by atoms with E-state index in [0.29, 0.717) is 5.92 Å². The Balaban J connectivity index is 0.00000276. The number of benzene rings is 3. The zero-order valence-electron chi connectivity index (χ0n) is 25.8. The number of nitrogens with one attached hydrogen (secondary N) is 2. The molecular weight excluding hydrogens is 611 g/mol. The molecule has 9 nitrogen and oxygen atoms in total. The van der Waals surface area contributed by atoms with E-state index < -0.39 is 29.4 Å². The normalized spacial score (nSPS) is 14.9. The molecule has 11 heteroatoms. The summed E-state index contributed by atoms with van der Waals surface area (Å²) >= 11 is 0. The highest BCUT2D eigenvalue weighted by atomic mass is 35.5. The van der Waals surface area contributed by atoms with Crippen molar-refractivity contribution < 1.29 is 14.4 Å². The predicted octanol–water partition coefficient (Wildman–Crippen LogP) is 5.13. The number of nitrogens with two attached hydrogens (primary N) is 1. The predicted molar refractivity (Wildman–Crippen MR) is 183 cm³/mol. The average molecular weight is 654 g/mol. The smallest absolute Gasteiger partial charge is 0.250 e. The summed E-state index contributed by atoms with van der Waals surface area (Å²) in [5.41, 5.74) is 6.61. The van der Waals surface area contributed by atoms with E-state index >= 15 is 0 Å². The van der Waals surface area contributed by atoms with Crippen molar-refractivity contribution >= 4 is 59.1 Å². The van der Waals surface area contributed by atoms with Gasteiger partial charge in [-0.2, -0.15) is 0 Å². The number of imidazole rings is 1.